The number of fused-ring (bicyclic) bond motifs is 1. The Morgan fingerprint density at radius 2 is 1.67 bits per heavy atom. The lowest BCUT2D eigenvalue weighted by Gasteiger charge is -2.26. The number of aromatic nitrogens is 1. The maximum Gasteiger partial charge on any atom is 0.295 e. The van der Waals surface area contributed by atoms with Gasteiger partial charge in [-0.25, -0.2) is 0 Å². The molecule has 8 heteroatoms. The van der Waals surface area contributed by atoms with Crippen LogP contribution < -0.4 is 14.2 Å². The first-order valence-electron chi connectivity index (χ1n) is 12.6. The second-order valence-electron chi connectivity index (χ2n) is 9.45. The van der Waals surface area contributed by atoms with Gasteiger partial charge in [-0.2, -0.15) is 0 Å². The second kappa shape index (κ2) is 10.6. The molecule has 39 heavy (non-hydrogen) atoms. The summed E-state index contributed by atoms with van der Waals surface area (Å²) >= 11 is 0. The molecule has 1 atom stereocenters. The highest BCUT2D eigenvalue weighted by atomic mass is 16.5. The van der Waals surface area contributed by atoms with E-state index in [0.29, 0.717) is 29.0 Å². The molecule has 4 aromatic rings. The average Bonchev–Trinajstić information content (AvgIpc) is 3.48. The van der Waals surface area contributed by atoms with Crippen molar-refractivity contribution >= 4 is 28.4 Å². The number of Topliss-reactive ketones (excluding diaryl/α,β-unsaturated/α-hetero) is 1. The maximum absolute atomic E-state index is 13.4. The molecule has 1 aliphatic rings. The van der Waals surface area contributed by atoms with Gasteiger partial charge < -0.3 is 29.2 Å². The van der Waals surface area contributed by atoms with Crippen LogP contribution in [-0.2, 0) is 16.0 Å². The van der Waals surface area contributed by atoms with Gasteiger partial charge in [-0.05, 0) is 54.8 Å². The summed E-state index contributed by atoms with van der Waals surface area (Å²) in [5, 5.41) is 12.3. The Morgan fingerprint density at radius 3 is 2.36 bits per heavy atom. The van der Waals surface area contributed by atoms with Gasteiger partial charge in [-0.15, -0.1) is 0 Å². The first-order chi connectivity index (χ1) is 18.9. The second-order valence-corrected chi connectivity index (χ2v) is 9.45. The van der Waals surface area contributed by atoms with Gasteiger partial charge in [0.1, 0.15) is 11.5 Å². The third kappa shape index (κ3) is 4.69. The third-order valence-corrected chi connectivity index (χ3v) is 7.18. The van der Waals surface area contributed by atoms with Crippen LogP contribution in [0.5, 0.6) is 17.2 Å². The summed E-state index contributed by atoms with van der Waals surface area (Å²) in [5.41, 5.74) is 4.07. The fourth-order valence-electron chi connectivity index (χ4n) is 5.08. The molecule has 0 radical (unpaired) electrons. The van der Waals surface area contributed by atoms with Crippen LogP contribution in [0.4, 0.5) is 0 Å². The Bertz CT molecular complexity index is 1580. The van der Waals surface area contributed by atoms with Gasteiger partial charge in [0, 0.05) is 29.2 Å². The number of benzene rings is 3. The van der Waals surface area contributed by atoms with E-state index in [-0.39, 0.29) is 17.9 Å². The van der Waals surface area contributed by atoms with Crippen LogP contribution in [0.1, 0.15) is 28.3 Å². The molecular formula is C31H30N2O6. The number of hydrogen-bond acceptors (Lipinski definition) is 6. The fraction of sp³-hybridized carbons (Fsp3) is 0.226. The van der Waals surface area contributed by atoms with Gasteiger partial charge in [0.2, 0.25) is 0 Å². The third-order valence-electron chi connectivity index (χ3n) is 7.18. The SMILES string of the molecule is COc1ccc2[nH]cc(CCN3C(=O)C(=O)/C(=C(\O)c4ccc(C)cc4)C3c3ccc(OC)c(OC)c3)c2c1. The predicted molar refractivity (Wildman–Crippen MR) is 148 cm³/mol. The average molecular weight is 527 g/mol. The standard InChI is InChI=1S/C31H30N2O6/c1-18-5-7-19(8-6-18)29(34)27-28(20-9-12-25(38-3)26(15-20)39-4)33(31(36)30(27)35)14-13-21-17-32-24-11-10-22(37-2)16-23(21)24/h5-12,15-17,28,32,34H,13-14H2,1-4H3/b29-27-. The number of nitrogens with one attached hydrogen (secondary N) is 1. The van der Waals surface area contributed by atoms with Crippen molar-refractivity contribution in [2.24, 2.45) is 0 Å². The van der Waals surface area contributed by atoms with Gasteiger partial charge >= 0.3 is 0 Å². The number of carbonyl (C=O) groups is 2. The number of likely N-dealkylation sites (tertiary alicyclic amines) is 1. The number of methoxy groups -OCH3 is 3. The molecular weight excluding hydrogens is 496 g/mol. The molecule has 1 amide bonds. The van der Waals surface area contributed by atoms with E-state index < -0.39 is 17.7 Å². The zero-order valence-corrected chi connectivity index (χ0v) is 22.3. The van der Waals surface area contributed by atoms with Crippen LogP contribution >= 0.6 is 0 Å². The Morgan fingerprint density at radius 1 is 0.923 bits per heavy atom. The van der Waals surface area contributed by atoms with E-state index in [1.165, 1.54) is 19.1 Å². The number of aliphatic hydroxyl groups excluding tert-OH is 1. The Labute approximate surface area is 226 Å². The Balaban J connectivity index is 1.59. The minimum absolute atomic E-state index is 0.0386. The van der Waals surface area contributed by atoms with E-state index >= 15 is 0 Å². The topological polar surface area (TPSA) is 101 Å². The molecule has 3 aromatic carbocycles. The zero-order valence-electron chi connectivity index (χ0n) is 22.3. The number of aryl methyl sites for hydroxylation is 1. The molecule has 1 unspecified atom stereocenters. The van der Waals surface area contributed by atoms with Crippen molar-refractivity contribution in [1.82, 2.24) is 9.88 Å². The summed E-state index contributed by atoms with van der Waals surface area (Å²) < 4.78 is 16.3. The van der Waals surface area contributed by atoms with Crippen molar-refractivity contribution in [1.29, 1.82) is 0 Å². The van der Waals surface area contributed by atoms with Crippen LogP contribution in [-0.4, -0.2) is 54.6 Å². The van der Waals surface area contributed by atoms with Crippen LogP contribution in [0, 0.1) is 6.92 Å². The lowest BCUT2D eigenvalue weighted by molar-refractivity contribution is -0.139. The Hall–Kier alpha value is -4.72. The van der Waals surface area contributed by atoms with Crippen molar-refractivity contribution < 1.29 is 28.9 Å². The smallest absolute Gasteiger partial charge is 0.295 e. The molecule has 1 fully saturated rings. The van der Waals surface area contributed by atoms with E-state index in [1.807, 2.05) is 43.5 Å². The Kier molecular flexibility index (Phi) is 7.02. The fourth-order valence-corrected chi connectivity index (χ4v) is 5.08. The molecule has 0 spiro atoms. The van der Waals surface area contributed by atoms with Gasteiger partial charge in [-0.1, -0.05) is 35.9 Å². The molecule has 5 rings (SSSR count). The summed E-state index contributed by atoms with van der Waals surface area (Å²) in [6, 6.07) is 17.4. The van der Waals surface area contributed by atoms with Crippen LogP contribution in [0.2, 0.25) is 0 Å². The molecule has 8 nitrogen and oxygen atoms in total. The quantitative estimate of drug-likeness (QED) is 0.187. The van der Waals surface area contributed by atoms with Gasteiger partial charge in [0.25, 0.3) is 11.7 Å². The number of amides is 1. The van der Waals surface area contributed by atoms with E-state index in [1.54, 1.807) is 37.4 Å². The number of nitrogens with zero attached hydrogens (tertiary/aromatic N) is 1. The summed E-state index contributed by atoms with van der Waals surface area (Å²) in [4.78, 5) is 31.6. The normalized spacial score (nSPS) is 16.6. The van der Waals surface area contributed by atoms with Crippen LogP contribution in [0.25, 0.3) is 16.7 Å². The first kappa shape index (κ1) is 25.9. The lowest BCUT2D eigenvalue weighted by Crippen LogP contribution is -2.31. The van der Waals surface area contributed by atoms with Crippen molar-refractivity contribution in [2.45, 2.75) is 19.4 Å². The number of ether oxygens (including phenoxy) is 3. The molecule has 0 saturated carbocycles. The van der Waals surface area contributed by atoms with E-state index in [2.05, 4.69) is 4.98 Å². The molecule has 1 aromatic heterocycles. The molecule has 0 bridgehead atoms. The minimum atomic E-state index is -0.814. The highest BCUT2D eigenvalue weighted by Gasteiger charge is 2.46. The van der Waals surface area contributed by atoms with Crippen molar-refractivity contribution in [2.75, 3.05) is 27.9 Å². The number of ketones is 1. The van der Waals surface area contributed by atoms with E-state index in [9.17, 15) is 14.7 Å². The number of rotatable bonds is 8. The van der Waals surface area contributed by atoms with Crippen LogP contribution in [0.3, 0.4) is 0 Å². The zero-order chi connectivity index (χ0) is 27.7. The van der Waals surface area contributed by atoms with Gasteiger partial charge in [0.15, 0.2) is 11.5 Å². The summed E-state index contributed by atoms with van der Waals surface area (Å²) in [7, 11) is 4.68. The first-order valence-corrected chi connectivity index (χ1v) is 12.6. The monoisotopic (exact) mass is 526 g/mol. The number of carbonyl (C=O) groups excluding carboxylic acids is 2. The largest absolute Gasteiger partial charge is 0.507 e. The van der Waals surface area contributed by atoms with Crippen LogP contribution in [0.15, 0.2) is 72.4 Å². The molecule has 2 N–H and O–H groups in total. The molecule has 200 valence electrons. The van der Waals surface area contributed by atoms with Crippen molar-refractivity contribution in [3.63, 3.8) is 0 Å². The molecule has 0 aliphatic carbocycles. The number of H-pyrrole nitrogens is 1. The molecule has 1 saturated heterocycles. The van der Waals surface area contributed by atoms with Gasteiger partial charge in [0.05, 0.1) is 32.9 Å². The minimum Gasteiger partial charge on any atom is -0.507 e. The summed E-state index contributed by atoms with van der Waals surface area (Å²) in [6.45, 7) is 2.19. The van der Waals surface area contributed by atoms with E-state index in [4.69, 9.17) is 14.2 Å². The summed E-state index contributed by atoms with van der Waals surface area (Å²) in [5.74, 6) is 0.0955. The maximum atomic E-state index is 13.4. The van der Waals surface area contributed by atoms with Crippen molar-refractivity contribution in [3.8, 4) is 17.2 Å². The van der Waals surface area contributed by atoms with Gasteiger partial charge in [-0.3, -0.25) is 9.59 Å². The predicted octanol–water partition coefficient (Wildman–Crippen LogP) is 5.17. The number of hydrogen-bond donors (Lipinski definition) is 2. The number of aliphatic hydroxyl groups is 1. The highest BCUT2D eigenvalue weighted by molar-refractivity contribution is 6.46. The van der Waals surface area contributed by atoms with Crippen molar-refractivity contribution in [3.05, 3.63) is 94.7 Å². The molecule has 1 aliphatic heterocycles. The number of aromatic amines is 1. The lowest BCUT2D eigenvalue weighted by atomic mass is 9.94. The highest BCUT2D eigenvalue weighted by Crippen LogP contribution is 2.42. The molecule has 2 heterocycles. The summed E-state index contributed by atoms with van der Waals surface area (Å²) in [6.07, 6.45) is 2.38. The van der Waals surface area contributed by atoms with E-state index in [0.717, 1.165) is 27.8 Å².